The molecule has 0 rings (SSSR count). The van der Waals surface area contributed by atoms with E-state index < -0.39 is 13.9 Å². The second kappa shape index (κ2) is 38.4. The van der Waals surface area contributed by atoms with E-state index in [1.54, 1.807) is 0 Å². The molecule has 53 heavy (non-hydrogen) atoms. The van der Waals surface area contributed by atoms with E-state index in [9.17, 15) is 14.3 Å². The third-order valence-corrected chi connectivity index (χ3v) is 11.1. The summed E-state index contributed by atoms with van der Waals surface area (Å²) in [6.45, 7) is 5.44. The van der Waals surface area contributed by atoms with Gasteiger partial charge >= 0.3 is 5.97 Å². The first-order valence-electron chi connectivity index (χ1n) is 22.8. The molecule has 0 aliphatic rings. The highest BCUT2D eigenvalue weighted by atomic mass is 31.2. The molecule has 0 heterocycles. The van der Waals surface area contributed by atoms with Gasteiger partial charge in [0.05, 0.1) is 34.4 Å². The first-order chi connectivity index (χ1) is 25.6. The highest BCUT2D eigenvalue weighted by Gasteiger charge is 2.20. The van der Waals surface area contributed by atoms with E-state index in [-0.39, 0.29) is 25.8 Å². The number of esters is 1. The van der Waals surface area contributed by atoms with E-state index in [2.05, 4.69) is 13.8 Å². The Morgan fingerprint density at radius 3 is 1.25 bits per heavy atom. The van der Waals surface area contributed by atoms with Crippen LogP contribution in [0.5, 0.6) is 0 Å². The van der Waals surface area contributed by atoms with Crippen LogP contribution in [0.15, 0.2) is 0 Å². The average molecular weight is 776 g/mol. The number of carbonyl (C=O) groups excluding carboxylic acids is 1. The Bertz CT molecular complexity index is 822. The number of rotatable bonds is 43. The molecule has 0 N–H and O–H groups in total. The van der Waals surface area contributed by atoms with Crippen LogP contribution in [0.25, 0.3) is 0 Å². The van der Waals surface area contributed by atoms with E-state index in [0.717, 1.165) is 32.1 Å². The average Bonchev–Trinajstić information content (AvgIpc) is 3.11. The maximum Gasteiger partial charge on any atom is 0.306 e. The van der Waals surface area contributed by atoms with Gasteiger partial charge in [-0.05, 0) is 12.8 Å². The van der Waals surface area contributed by atoms with E-state index in [1.165, 1.54) is 167 Å². The minimum Gasteiger partial charge on any atom is -0.756 e. The first kappa shape index (κ1) is 52.5. The van der Waals surface area contributed by atoms with Crippen LogP contribution < -0.4 is 4.89 Å². The zero-order valence-corrected chi connectivity index (χ0v) is 36.9. The summed E-state index contributed by atoms with van der Waals surface area (Å²) in [6.07, 6.45) is 39.9. The van der Waals surface area contributed by atoms with Gasteiger partial charge in [0.15, 0.2) is 0 Å². The fraction of sp³-hybridized carbons (Fsp3) is 0.977. The Morgan fingerprint density at radius 1 is 0.509 bits per heavy atom. The number of quaternary nitrogens is 1. The minimum atomic E-state index is -4.51. The van der Waals surface area contributed by atoms with Crippen LogP contribution in [0.4, 0.5) is 0 Å². The molecule has 0 fully saturated rings. The Balaban J connectivity index is 4.01. The van der Waals surface area contributed by atoms with Crippen molar-refractivity contribution in [2.45, 2.75) is 225 Å². The Morgan fingerprint density at radius 2 is 0.868 bits per heavy atom. The number of ether oxygens (including phenoxy) is 2. The van der Waals surface area contributed by atoms with Crippen molar-refractivity contribution in [3.8, 4) is 0 Å². The van der Waals surface area contributed by atoms with Crippen molar-refractivity contribution in [2.75, 3.05) is 54.1 Å². The molecule has 0 aliphatic heterocycles. The molecule has 8 nitrogen and oxygen atoms in total. The molecular weight excluding hydrogens is 685 g/mol. The molecule has 0 aromatic heterocycles. The van der Waals surface area contributed by atoms with Crippen molar-refractivity contribution in [1.29, 1.82) is 0 Å². The number of unbranched alkanes of at least 4 members (excludes halogenated alkanes) is 29. The van der Waals surface area contributed by atoms with Gasteiger partial charge in [0.2, 0.25) is 0 Å². The molecule has 0 amide bonds. The molecule has 0 aromatic carbocycles. The van der Waals surface area contributed by atoms with Crippen molar-refractivity contribution in [1.82, 2.24) is 0 Å². The van der Waals surface area contributed by atoms with Crippen molar-refractivity contribution < 1.29 is 37.3 Å². The summed E-state index contributed by atoms with van der Waals surface area (Å²) in [5.41, 5.74) is 0. The molecule has 9 heteroatoms. The zero-order valence-electron chi connectivity index (χ0n) is 36.0. The largest absolute Gasteiger partial charge is 0.756 e. The summed E-state index contributed by atoms with van der Waals surface area (Å²) in [4.78, 5) is 24.9. The molecule has 2 atom stereocenters. The molecule has 0 spiro atoms. The lowest BCUT2D eigenvalue weighted by molar-refractivity contribution is -0.870. The molecule has 0 aromatic rings. The fourth-order valence-corrected chi connectivity index (χ4v) is 7.34. The van der Waals surface area contributed by atoms with E-state index in [4.69, 9.17) is 18.5 Å². The topological polar surface area (TPSA) is 94.1 Å². The van der Waals surface area contributed by atoms with Crippen molar-refractivity contribution in [2.24, 2.45) is 0 Å². The summed E-state index contributed by atoms with van der Waals surface area (Å²) in [5, 5.41) is 0. The van der Waals surface area contributed by atoms with E-state index in [0.29, 0.717) is 24.1 Å². The van der Waals surface area contributed by atoms with Crippen LogP contribution in [0.2, 0.25) is 0 Å². The zero-order chi connectivity index (χ0) is 39.1. The maximum absolute atomic E-state index is 12.6. The molecule has 0 saturated carbocycles. The van der Waals surface area contributed by atoms with Gasteiger partial charge in [-0.3, -0.25) is 9.36 Å². The quantitative estimate of drug-likeness (QED) is 0.0263. The fourth-order valence-electron chi connectivity index (χ4n) is 6.61. The van der Waals surface area contributed by atoms with Crippen LogP contribution in [-0.4, -0.2) is 70.7 Å². The van der Waals surface area contributed by atoms with Crippen LogP contribution in [0, 0.1) is 0 Å². The smallest absolute Gasteiger partial charge is 0.306 e. The van der Waals surface area contributed by atoms with Gasteiger partial charge in [-0.1, -0.05) is 200 Å². The summed E-state index contributed by atoms with van der Waals surface area (Å²) in [7, 11) is 1.37. The van der Waals surface area contributed by atoms with Gasteiger partial charge in [0, 0.05) is 13.0 Å². The molecule has 0 saturated heterocycles. The third kappa shape index (κ3) is 42.5. The van der Waals surface area contributed by atoms with Gasteiger partial charge in [0.25, 0.3) is 7.82 Å². The van der Waals surface area contributed by atoms with Gasteiger partial charge in [-0.25, -0.2) is 0 Å². The molecule has 0 bridgehead atoms. The maximum atomic E-state index is 12.6. The van der Waals surface area contributed by atoms with Crippen LogP contribution >= 0.6 is 7.82 Å². The first-order valence-corrected chi connectivity index (χ1v) is 24.2. The molecule has 2 unspecified atom stereocenters. The van der Waals surface area contributed by atoms with Crippen molar-refractivity contribution in [3.63, 3.8) is 0 Å². The molecule has 318 valence electrons. The standard InChI is InChI=1S/C44H90NO7P/c1-6-8-10-12-14-16-17-18-19-20-21-22-23-24-25-26-27-28-30-32-34-36-39-49-41-43(42-51-53(47,48)50-40-38-45(3,4)5)52-44(46)37-35-33-31-29-15-13-11-9-7-2/h43H,6-42H2,1-5H3. The number of phosphoric ester groups is 1. The summed E-state index contributed by atoms with van der Waals surface area (Å²) in [5.74, 6) is -0.332. The Kier molecular flexibility index (Phi) is 38.0. The second-order valence-electron chi connectivity index (χ2n) is 16.8. The molecule has 0 aliphatic carbocycles. The van der Waals surface area contributed by atoms with Crippen LogP contribution in [0.1, 0.15) is 219 Å². The predicted octanol–water partition coefficient (Wildman–Crippen LogP) is 12.6. The van der Waals surface area contributed by atoms with Gasteiger partial charge in [-0.2, -0.15) is 0 Å². The Hall–Kier alpha value is -0.500. The SMILES string of the molecule is CCCCCCCCCCCCCCCCCCCCCCCCOCC(COP(=O)([O-])OCC[N+](C)(C)C)OC(=O)CCCCCCCCCCC. The van der Waals surface area contributed by atoms with Crippen molar-refractivity contribution >= 4 is 13.8 Å². The summed E-state index contributed by atoms with van der Waals surface area (Å²) in [6, 6.07) is 0. The van der Waals surface area contributed by atoms with Gasteiger partial charge in [-0.15, -0.1) is 0 Å². The predicted molar refractivity (Wildman–Crippen MR) is 222 cm³/mol. The van der Waals surface area contributed by atoms with Crippen LogP contribution in [0.3, 0.4) is 0 Å². The highest BCUT2D eigenvalue weighted by molar-refractivity contribution is 7.45. The van der Waals surface area contributed by atoms with Crippen LogP contribution in [-0.2, 0) is 27.9 Å². The third-order valence-electron chi connectivity index (χ3n) is 10.2. The highest BCUT2D eigenvalue weighted by Crippen LogP contribution is 2.38. The van der Waals surface area contributed by atoms with E-state index in [1.807, 2.05) is 21.1 Å². The lowest BCUT2D eigenvalue weighted by Crippen LogP contribution is -2.37. The van der Waals surface area contributed by atoms with Crippen molar-refractivity contribution in [3.05, 3.63) is 0 Å². The summed E-state index contributed by atoms with van der Waals surface area (Å²) >= 11 is 0. The lowest BCUT2D eigenvalue weighted by atomic mass is 10.0. The number of likely N-dealkylation sites (N-methyl/N-ethyl adjacent to an activating group) is 1. The molecule has 0 radical (unpaired) electrons. The number of hydrogen-bond donors (Lipinski definition) is 0. The monoisotopic (exact) mass is 776 g/mol. The van der Waals surface area contributed by atoms with Gasteiger partial charge < -0.3 is 27.9 Å². The molecular formula is C44H90NO7P. The summed E-state index contributed by atoms with van der Waals surface area (Å²) < 4.78 is 34.5. The lowest BCUT2D eigenvalue weighted by Gasteiger charge is -2.28. The Labute approximate surface area is 329 Å². The normalized spacial score (nSPS) is 13.7. The number of nitrogens with zero attached hydrogens (tertiary/aromatic N) is 1. The van der Waals surface area contributed by atoms with E-state index >= 15 is 0 Å². The second-order valence-corrected chi connectivity index (χ2v) is 18.2. The number of hydrogen-bond acceptors (Lipinski definition) is 7. The minimum absolute atomic E-state index is 0.0311. The number of carbonyl (C=O) groups is 1. The number of phosphoric acid groups is 1. The van der Waals surface area contributed by atoms with Gasteiger partial charge in [0.1, 0.15) is 19.3 Å².